The number of imidazole rings is 1. The van der Waals surface area contributed by atoms with Gasteiger partial charge in [0.1, 0.15) is 18.9 Å². The Labute approximate surface area is 113 Å². The zero-order valence-electron chi connectivity index (χ0n) is 9.85. The molecule has 0 fully saturated rings. The third kappa shape index (κ3) is 6.76. The van der Waals surface area contributed by atoms with Gasteiger partial charge < -0.3 is 17.0 Å². The van der Waals surface area contributed by atoms with Crippen molar-refractivity contribution < 1.29 is 21.5 Å². The van der Waals surface area contributed by atoms with Crippen LogP contribution in [0.5, 0.6) is 0 Å². The molecule has 1 aromatic rings. The Morgan fingerprint density at radius 2 is 1.82 bits per heavy atom. The maximum atomic E-state index is 8.46. The number of hydrogen-bond donors (Lipinski definition) is 0. The highest BCUT2D eigenvalue weighted by molar-refractivity contribution is 4.70. The van der Waals surface area contributed by atoms with Gasteiger partial charge in [-0.25, -0.2) is 9.13 Å². The van der Waals surface area contributed by atoms with E-state index in [4.69, 9.17) is 10.5 Å². The topological polar surface area (TPSA) is 56.4 Å². The van der Waals surface area contributed by atoms with Crippen LogP contribution in [0.4, 0.5) is 0 Å². The van der Waals surface area contributed by atoms with Gasteiger partial charge in [0.25, 0.3) is 0 Å². The van der Waals surface area contributed by atoms with Crippen molar-refractivity contribution in [1.29, 1.82) is 10.5 Å². The molecule has 0 amide bonds. The van der Waals surface area contributed by atoms with Crippen molar-refractivity contribution in [1.82, 2.24) is 4.57 Å². The molecule has 5 heteroatoms. The summed E-state index contributed by atoms with van der Waals surface area (Å²) in [5.41, 5.74) is 0. The molecule has 0 aromatic carbocycles. The molecule has 1 rings (SSSR count). The van der Waals surface area contributed by atoms with Crippen LogP contribution >= 0.6 is 0 Å². The summed E-state index contributed by atoms with van der Waals surface area (Å²) in [7, 11) is 0. The number of aryl methyl sites for hydroxylation is 2. The van der Waals surface area contributed by atoms with Crippen molar-refractivity contribution in [3.05, 3.63) is 18.7 Å². The van der Waals surface area contributed by atoms with E-state index in [0.29, 0.717) is 12.8 Å². The molecule has 4 nitrogen and oxygen atoms in total. The minimum atomic E-state index is 0. The van der Waals surface area contributed by atoms with E-state index in [1.165, 1.54) is 0 Å². The molecule has 0 radical (unpaired) electrons. The number of unbranched alkanes of at least 4 members (excludes halogenated alkanes) is 3. The summed E-state index contributed by atoms with van der Waals surface area (Å²) in [6, 6.07) is 4.28. The van der Waals surface area contributed by atoms with E-state index in [0.717, 1.165) is 32.4 Å². The van der Waals surface area contributed by atoms with E-state index in [9.17, 15) is 0 Å². The molecule has 0 atom stereocenters. The van der Waals surface area contributed by atoms with Crippen LogP contribution < -0.4 is 21.5 Å². The monoisotopic (exact) mass is 296 g/mol. The lowest BCUT2D eigenvalue weighted by molar-refractivity contribution is -0.695. The normalized spacial score (nSPS) is 9.06. The van der Waals surface area contributed by atoms with Crippen LogP contribution in [-0.4, -0.2) is 4.57 Å². The molecule has 0 N–H and O–H groups in total. The van der Waals surface area contributed by atoms with Gasteiger partial charge in [0, 0.05) is 6.42 Å². The lowest BCUT2D eigenvalue weighted by Crippen LogP contribution is -3.00. The number of nitriles is 2. The summed E-state index contributed by atoms with van der Waals surface area (Å²) in [4.78, 5) is 0. The first-order valence-corrected chi connectivity index (χ1v) is 5.65. The number of nitrogens with zero attached hydrogens (tertiary/aromatic N) is 4. The van der Waals surface area contributed by atoms with Gasteiger partial charge in [-0.2, -0.15) is 10.5 Å². The molecule has 92 valence electrons. The van der Waals surface area contributed by atoms with Crippen molar-refractivity contribution >= 4 is 0 Å². The highest BCUT2D eigenvalue weighted by atomic mass is 79.9. The van der Waals surface area contributed by atoms with Crippen molar-refractivity contribution in [3.8, 4) is 12.1 Å². The Balaban J connectivity index is 0.00000256. The molecule has 0 saturated carbocycles. The van der Waals surface area contributed by atoms with Crippen LogP contribution in [-0.2, 0) is 13.1 Å². The molecule has 0 bridgehead atoms. The lowest BCUT2D eigenvalue weighted by Gasteiger charge is -1.95. The molecule has 0 aliphatic heterocycles. The average Bonchev–Trinajstić information content (AvgIpc) is 2.74. The Morgan fingerprint density at radius 3 is 2.53 bits per heavy atom. The Bertz CT molecular complexity index is 386. The summed E-state index contributed by atoms with van der Waals surface area (Å²) < 4.78 is 4.16. The van der Waals surface area contributed by atoms with E-state index >= 15 is 0 Å². The molecule has 0 aliphatic carbocycles. The van der Waals surface area contributed by atoms with E-state index in [-0.39, 0.29) is 17.0 Å². The molecule has 0 unspecified atom stereocenters. The van der Waals surface area contributed by atoms with E-state index in [2.05, 4.69) is 16.7 Å². The van der Waals surface area contributed by atoms with E-state index < -0.39 is 0 Å². The van der Waals surface area contributed by atoms with Gasteiger partial charge in [-0.1, -0.05) is 0 Å². The second kappa shape index (κ2) is 9.86. The second-order valence-electron chi connectivity index (χ2n) is 3.77. The van der Waals surface area contributed by atoms with Crippen molar-refractivity contribution in [2.45, 2.75) is 45.2 Å². The third-order valence-corrected chi connectivity index (χ3v) is 2.43. The Morgan fingerprint density at radius 1 is 1.06 bits per heavy atom. The molecule has 17 heavy (non-hydrogen) atoms. The number of hydrogen-bond acceptors (Lipinski definition) is 2. The van der Waals surface area contributed by atoms with Crippen molar-refractivity contribution in [2.75, 3.05) is 0 Å². The summed E-state index contributed by atoms with van der Waals surface area (Å²) in [6.45, 7) is 1.75. The fourth-order valence-electron chi connectivity index (χ4n) is 1.56. The molecule has 0 aliphatic rings. The van der Waals surface area contributed by atoms with Gasteiger partial charge in [0.2, 0.25) is 6.33 Å². The van der Waals surface area contributed by atoms with Gasteiger partial charge >= 0.3 is 0 Å². The lowest BCUT2D eigenvalue weighted by atomic mass is 10.2. The first kappa shape index (κ1) is 15.7. The van der Waals surface area contributed by atoms with Crippen molar-refractivity contribution in [2.24, 2.45) is 0 Å². The van der Waals surface area contributed by atoms with Crippen LogP contribution in [0.2, 0.25) is 0 Å². The smallest absolute Gasteiger partial charge is 0.243 e. The molecular formula is C12H17BrN4. The summed E-state index contributed by atoms with van der Waals surface area (Å²) in [5.74, 6) is 0. The molecule has 0 saturated heterocycles. The Hall–Kier alpha value is -1.33. The molecular weight excluding hydrogens is 280 g/mol. The van der Waals surface area contributed by atoms with Crippen LogP contribution in [0.25, 0.3) is 0 Å². The molecule has 1 aromatic heterocycles. The minimum Gasteiger partial charge on any atom is -1.00 e. The zero-order valence-corrected chi connectivity index (χ0v) is 11.4. The third-order valence-electron chi connectivity index (χ3n) is 2.43. The van der Waals surface area contributed by atoms with Crippen LogP contribution in [0.1, 0.15) is 32.1 Å². The predicted molar refractivity (Wildman–Crippen MR) is 58.9 cm³/mol. The van der Waals surface area contributed by atoms with Crippen LogP contribution in [0, 0.1) is 22.7 Å². The van der Waals surface area contributed by atoms with E-state index in [1.54, 1.807) is 0 Å². The first-order chi connectivity index (χ1) is 7.86. The molecule has 0 spiro atoms. The summed E-state index contributed by atoms with van der Waals surface area (Å²) in [5, 5.41) is 16.8. The number of rotatable bonds is 7. The zero-order chi connectivity index (χ0) is 11.6. The van der Waals surface area contributed by atoms with Crippen molar-refractivity contribution in [3.63, 3.8) is 0 Å². The van der Waals surface area contributed by atoms with Gasteiger partial charge in [-0.05, 0) is 19.3 Å². The summed E-state index contributed by atoms with van der Waals surface area (Å²) >= 11 is 0. The number of halogens is 1. The van der Waals surface area contributed by atoms with Crippen LogP contribution in [0.3, 0.4) is 0 Å². The van der Waals surface area contributed by atoms with Gasteiger partial charge in [-0.3, -0.25) is 0 Å². The largest absolute Gasteiger partial charge is 1.00 e. The average molecular weight is 297 g/mol. The predicted octanol–water partition coefficient (Wildman–Crippen LogP) is -1.22. The highest BCUT2D eigenvalue weighted by Crippen LogP contribution is 2.00. The standard InChI is InChI=1S/C12H17N4.BrH/c13-6-3-1-2-4-8-15-10-11-16(12-15)9-5-7-14;/h10-12H,1-5,8-9H2;1H/q+1;/p-1. The van der Waals surface area contributed by atoms with Gasteiger partial charge in [0.15, 0.2) is 0 Å². The van der Waals surface area contributed by atoms with Crippen LogP contribution in [0.15, 0.2) is 18.7 Å². The SMILES string of the molecule is N#CCCCCCn1cc[n+](CCC#N)c1.[Br-]. The maximum Gasteiger partial charge on any atom is 0.243 e. The number of aromatic nitrogens is 2. The maximum absolute atomic E-state index is 8.46. The molecule has 1 heterocycles. The fourth-order valence-corrected chi connectivity index (χ4v) is 1.56. The second-order valence-corrected chi connectivity index (χ2v) is 3.77. The first-order valence-electron chi connectivity index (χ1n) is 5.65. The Kier molecular flexibility index (Phi) is 9.09. The minimum absolute atomic E-state index is 0. The van der Waals surface area contributed by atoms with Gasteiger partial charge in [-0.15, -0.1) is 0 Å². The van der Waals surface area contributed by atoms with Gasteiger partial charge in [0.05, 0.1) is 25.1 Å². The van der Waals surface area contributed by atoms with E-state index in [1.807, 2.05) is 23.3 Å². The highest BCUT2D eigenvalue weighted by Gasteiger charge is 2.02. The quantitative estimate of drug-likeness (QED) is 0.468. The summed E-state index contributed by atoms with van der Waals surface area (Å²) in [6.07, 6.45) is 10.5. The fraction of sp³-hybridized carbons (Fsp3) is 0.583.